The minimum atomic E-state index is -0.773. The number of hydrogen-bond donors (Lipinski definition) is 2. The van der Waals surface area contributed by atoms with Crippen LogP contribution in [0.3, 0.4) is 0 Å². The van der Waals surface area contributed by atoms with Crippen molar-refractivity contribution in [3.8, 4) is 0 Å². The maximum absolute atomic E-state index is 10.6. The fraction of sp³-hybridized carbons (Fsp3) is 0.462. The second-order valence-corrected chi connectivity index (χ2v) is 4.12. The van der Waals surface area contributed by atoms with Crippen molar-refractivity contribution >= 4 is 5.97 Å². The van der Waals surface area contributed by atoms with E-state index in [1.54, 1.807) is 14.0 Å². The number of rotatable bonds is 7. The first kappa shape index (κ1) is 13.7. The fourth-order valence-electron chi connectivity index (χ4n) is 1.52. The summed E-state index contributed by atoms with van der Waals surface area (Å²) in [5.41, 5.74) is 2.26. The summed E-state index contributed by atoms with van der Waals surface area (Å²) < 4.78 is 5.06. The molecule has 1 atom stereocenters. The standard InChI is InChI=1S/C13H19NO3/c1-10(13(15)16)7-14-8-11-4-3-5-12(6-11)9-17-2/h3-6,10,14H,7-9H2,1-2H3,(H,15,16). The Morgan fingerprint density at radius 1 is 1.47 bits per heavy atom. The lowest BCUT2D eigenvalue weighted by atomic mass is 10.1. The molecular formula is C13H19NO3. The minimum Gasteiger partial charge on any atom is -0.481 e. The van der Waals surface area contributed by atoms with E-state index < -0.39 is 5.97 Å². The minimum absolute atomic E-state index is 0.364. The highest BCUT2D eigenvalue weighted by Gasteiger charge is 2.09. The van der Waals surface area contributed by atoms with E-state index in [0.29, 0.717) is 19.7 Å². The summed E-state index contributed by atoms with van der Waals surface area (Å²) in [6.45, 7) is 3.44. The van der Waals surface area contributed by atoms with Crippen molar-refractivity contribution in [1.29, 1.82) is 0 Å². The number of carbonyl (C=O) groups is 1. The molecule has 1 rings (SSSR count). The van der Waals surface area contributed by atoms with Crippen LogP contribution in [0.2, 0.25) is 0 Å². The average molecular weight is 237 g/mol. The van der Waals surface area contributed by atoms with Gasteiger partial charge >= 0.3 is 5.97 Å². The van der Waals surface area contributed by atoms with Crippen molar-refractivity contribution in [3.63, 3.8) is 0 Å². The van der Waals surface area contributed by atoms with Crippen LogP contribution in [0, 0.1) is 5.92 Å². The van der Waals surface area contributed by atoms with Crippen LogP contribution in [0.15, 0.2) is 24.3 Å². The zero-order valence-electron chi connectivity index (χ0n) is 10.3. The largest absolute Gasteiger partial charge is 0.481 e. The molecule has 0 aromatic heterocycles. The first-order valence-electron chi connectivity index (χ1n) is 5.63. The van der Waals surface area contributed by atoms with Gasteiger partial charge in [0, 0.05) is 20.2 Å². The molecule has 0 bridgehead atoms. The smallest absolute Gasteiger partial charge is 0.307 e. The molecule has 0 heterocycles. The number of nitrogens with one attached hydrogen (secondary N) is 1. The van der Waals surface area contributed by atoms with Gasteiger partial charge in [-0.15, -0.1) is 0 Å². The molecule has 1 aromatic carbocycles. The third-order valence-electron chi connectivity index (χ3n) is 2.50. The van der Waals surface area contributed by atoms with Gasteiger partial charge in [0.25, 0.3) is 0 Å². The third-order valence-corrected chi connectivity index (χ3v) is 2.50. The quantitative estimate of drug-likeness (QED) is 0.757. The normalized spacial score (nSPS) is 12.4. The lowest BCUT2D eigenvalue weighted by Crippen LogP contribution is -2.25. The molecule has 4 nitrogen and oxygen atoms in total. The van der Waals surface area contributed by atoms with Crippen LogP contribution in [0.4, 0.5) is 0 Å². The van der Waals surface area contributed by atoms with E-state index in [0.717, 1.165) is 11.1 Å². The van der Waals surface area contributed by atoms with Crippen LogP contribution in [0.1, 0.15) is 18.1 Å². The molecule has 0 aliphatic carbocycles. The first-order valence-corrected chi connectivity index (χ1v) is 5.63. The van der Waals surface area contributed by atoms with Crippen LogP contribution in [-0.2, 0) is 22.7 Å². The molecule has 17 heavy (non-hydrogen) atoms. The number of methoxy groups -OCH3 is 1. The zero-order valence-corrected chi connectivity index (χ0v) is 10.3. The summed E-state index contributed by atoms with van der Waals surface area (Å²) in [7, 11) is 1.67. The predicted octanol–water partition coefficient (Wildman–Crippen LogP) is 1.64. The first-order chi connectivity index (χ1) is 8.13. The molecule has 0 fully saturated rings. The van der Waals surface area contributed by atoms with E-state index in [1.807, 2.05) is 18.2 Å². The lowest BCUT2D eigenvalue weighted by Gasteiger charge is -2.09. The van der Waals surface area contributed by atoms with Crippen LogP contribution < -0.4 is 5.32 Å². The van der Waals surface area contributed by atoms with Crippen molar-refractivity contribution in [2.45, 2.75) is 20.1 Å². The molecule has 0 spiro atoms. The molecule has 0 aliphatic heterocycles. The third kappa shape index (κ3) is 4.97. The Balaban J connectivity index is 2.41. The van der Waals surface area contributed by atoms with Gasteiger partial charge in [-0.05, 0) is 11.1 Å². The number of carboxylic acid groups (broad SMARTS) is 1. The molecule has 0 saturated carbocycles. The molecule has 2 N–H and O–H groups in total. The summed E-state index contributed by atoms with van der Waals surface area (Å²) in [5.74, 6) is -1.14. The van der Waals surface area contributed by atoms with Crippen LogP contribution in [0.25, 0.3) is 0 Å². The van der Waals surface area contributed by atoms with E-state index >= 15 is 0 Å². The van der Waals surface area contributed by atoms with E-state index in [1.165, 1.54) is 0 Å². The van der Waals surface area contributed by atoms with Crippen molar-refractivity contribution < 1.29 is 14.6 Å². The molecule has 94 valence electrons. The maximum Gasteiger partial charge on any atom is 0.307 e. The number of hydrogen-bond acceptors (Lipinski definition) is 3. The number of carboxylic acids is 1. The highest BCUT2D eigenvalue weighted by Crippen LogP contribution is 2.06. The Labute approximate surface area is 102 Å². The Bertz CT molecular complexity index is 365. The van der Waals surface area contributed by atoms with Crippen molar-refractivity contribution in [2.24, 2.45) is 5.92 Å². The van der Waals surface area contributed by atoms with Gasteiger partial charge in [0.05, 0.1) is 12.5 Å². The van der Waals surface area contributed by atoms with Gasteiger partial charge in [0.1, 0.15) is 0 Å². The Morgan fingerprint density at radius 2 is 2.18 bits per heavy atom. The molecule has 1 aromatic rings. The molecule has 1 unspecified atom stereocenters. The van der Waals surface area contributed by atoms with Gasteiger partial charge in [-0.2, -0.15) is 0 Å². The van der Waals surface area contributed by atoms with Gasteiger partial charge in [-0.25, -0.2) is 0 Å². The highest BCUT2D eigenvalue weighted by molar-refractivity contribution is 5.69. The van der Waals surface area contributed by atoms with Crippen molar-refractivity contribution in [3.05, 3.63) is 35.4 Å². The van der Waals surface area contributed by atoms with Gasteiger partial charge in [-0.3, -0.25) is 4.79 Å². The molecule has 0 saturated heterocycles. The summed E-state index contributed by atoms with van der Waals surface area (Å²) in [6.07, 6.45) is 0. The molecule has 4 heteroatoms. The van der Waals surface area contributed by atoms with E-state index in [4.69, 9.17) is 9.84 Å². The summed E-state index contributed by atoms with van der Waals surface area (Å²) in [5, 5.41) is 11.9. The van der Waals surface area contributed by atoms with Crippen molar-refractivity contribution in [1.82, 2.24) is 5.32 Å². The fourth-order valence-corrected chi connectivity index (χ4v) is 1.52. The maximum atomic E-state index is 10.6. The second kappa shape index (κ2) is 7.04. The van der Waals surface area contributed by atoms with Crippen molar-refractivity contribution in [2.75, 3.05) is 13.7 Å². The van der Waals surface area contributed by atoms with E-state index in [9.17, 15) is 4.79 Å². The van der Waals surface area contributed by atoms with Crippen LogP contribution in [0.5, 0.6) is 0 Å². The molecule has 0 amide bonds. The monoisotopic (exact) mass is 237 g/mol. The lowest BCUT2D eigenvalue weighted by molar-refractivity contribution is -0.140. The number of ether oxygens (including phenoxy) is 1. The topological polar surface area (TPSA) is 58.6 Å². The Hall–Kier alpha value is -1.39. The van der Waals surface area contributed by atoms with Gasteiger partial charge < -0.3 is 15.2 Å². The molecular weight excluding hydrogens is 218 g/mol. The number of benzene rings is 1. The summed E-state index contributed by atoms with van der Waals surface area (Å²) in [6, 6.07) is 8.05. The predicted molar refractivity (Wildman–Crippen MR) is 65.7 cm³/mol. The number of aliphatic carboxylic acids is 1. The van der Waals surface area contributed by atoms with Crippen LogP contribution >= 0.6 is 0 Å². The van der Waals surface area contributed by atoms with Gasteiger partial charge in [0.2, 0.25) is 0 Å². The Kier molecular flexibility index (Phi) is 5.66. The van der Waals surface area contributed by atoms with Crippen LogP contribution in [-0.4, -0.2) is 24.7 Å². The second-order valence-electron chi connectivity index (χ2n) is 4.12. The van der Waals surface area contributed by atoms with E-state index in [2.05, 4.69) is 11.4 Å². The van der Waals surface area contributed by atoms with Gasteiger partial charge in [0.15, 0.2) is 0 Å². The summed E-state index contributed by atoms with van der Waals surface area (Å²) >= 11 is 0. The highest BCUT2D eigenvalue weighted by atomic mass is 16.5. The molecule has 0 radical (unpaired) electrons. The molecule has 0 aliphatic rings. The average Bonchev–Trinajstić information content (AvgIpc) is 2.29. The summed E-state index contributed by atoms with van der Waals surface area (Å²) in [4.78, 5) is 10.6. The van der Waals surface area contributed by atoms with E-state index in [-0.39, 0.29) is 5.92 Å². The SMILES string of the molecule is COCc1cccc(CNCC(C)C(=O)O)c1. The zero-order chi connectivity index (χ0) is 12.7. The van der Waals surface area contributed by atoms with Gasteiger partial charge in [-0.1, -0.05) is 31.2 Å². The Morgan fingerprint density at radius 3 is 2.82 bits per heavy atom.